The van der Waals surface area contributed by atoms with Gasteiger partial charge >= 0.3 is 5.97 Å². The maximum absolute atomic E-state index is 13.2. The van der Waals surface area contributed by atoms with Crippen LogP contribution in [0, 0.1) is 0 Å². The number of rotatable bonds is 48. The normalized spacial score (nSPS) is 13.5. The van der Waals surface area contributed by atoms with Gasteiger partial charge in [0.25, 0.3) is 0 Å². The zero-order chi connectivity index (χ0) is 44.5. The van der Waals surface area contributed by atoms with Gasteiger partial charge in [-0.25, -0.2) is 0 Å². The van der Waals surface area contributed by atoms with Gasteiger partial charge in [-0.15, -0.1) is 0 Å². The van der Waals surface area contributed by atoms with Crippen molar-refractivity contribution in [2.24, 2.45) is 0 Å². The van der Waals surface area contributed by atoms with Crippen molar-refractivity contribution < 1.29 is 24.5 Å². The lowest BCUT2D eigenvalue weighted by molar-refractivity contribution is -0.151. The molecule has 0 aromatic rings. The first-order chi connectivity index (χ1) is 30.0. The van der Waals surface area contributed by atoms with Crippen LogP contribution in [-0.2, 0) is 14.3 Å². The van der Waals surface area contributed by atoms with Crippen molar-refractivity contribution in [3.63, 3.8) is 0 Å². The Morgan fingerprint density at radius 1 is 0.492 bits per heavy atom. The van der Waals surface area contributed by atoms with Crippen LogP contribution in [0.25, 0.3) is 0 Å². The molecule has 358 valence electrons. The average molecular weight is 858 g/mol. The molecule has 0 fully saturated rings. The van der Waals surface area contributed by atoms with E-state index in [1.807, 2.05) is 0 Å². The van der Waals surface area contributed by atoms with Crippen molar-refractivity contribution in [3.8, 4) is 0 Å². The first-order valence-electron chi connectivity index (χ1n) is 26.7. The zero-order valence-electron chi connectivity index (χ0n) is 40.8. The predicted molar refractivity (Wildman–Crippen MR) is 264 cm³/mol. The van der Waals surface area contributed by atoms with E-state index in [0.717, 1.165) is 70.6 Å². The van der Waals surface area contributed by atoms with Crippen molar-refractivity contribution in [3.05, 3.63) is 36.5 Å². The highest BCUT2D eigenvalue weighted by Crippen LogP contribution is 2.19. The van der Waals surface area contributed by atoms with Crippen molar-refractivity contribution >= 4 is 11.9 Å². The van der Waals surface area contributed by atoms with Gasteiger partial charge in [-0.1, -0.05) is 256 Å². The second-order valence-corrected chi connectivity index (χ2v) is 18.3. The molecule has 0 rings (SSSR count). The molecule has 0 aliphatic carbocycles. The van der Waals surface area contributed by atoms with Crippen LogP contribution in [0.1, 0.15) is 278 Å². The molecule has 0 aromatic carbocycles. The van der Waals surface area contributed by atoms with Gasteiger partial charge in [0.05, 0.1) is 25.2 Å². The molecule has 0 saturated heterocycles. The summed E-state index contributed by atoms with van der Waals surface area (Å²) in [7, 11) is 0. The molecule has 3 N–H and O–H groups in total. The van der Waals surface area contributed by atoms with Gasteiger partial charge in [0.15, 0.2) is 0 Å². The van der Waals surface area contributed by atoms with Crippen molar-refractivity contribution in [1.29, 1.82) is 0 Å². The van der Waals surface area contributed by atoms with Gasteiger partial charge in [0.1, 0.15) is 6.10 Å². The van der Waals surface area contributed by atoms with Gasteiger partial charge in [-0.3, -0.25) is 9.59 Å². The van der Waals surface area contributed by atoms with E-state index in [0.29, 0.717) is 19.3 Å². The van der Waals surface area contributed by atoms with E-state index in [-0.39, 0.29) is 24.9 Å². The lowest BCUT2D eigenvalue weighted by Crippen LogP contribution is -2.46. The number of hydrogen-bond acceptors (Lipinski definition) is 5. The number of esters is 1. The fourth-order valence-corrected chi connectivity index (χ4v) is 8.26. The molecule has 0 bridgehead atoms. The summed E-state index contributed by atoms with van der Waals surface area (Å²) in [6.07, 6.45) is 57.8. The molecule has 3 atom stereocenters. The molecule has 0 radical (unpaired) electrons. The van der Waals surface area contributed by atoms with Crippen LogP contribution in [0.4, 0.5) is 0 Å². The molecule has 3 unspecified atom stereocenters. The smallest absolute Gasteiger partial charge is 0.306 e. The summed E-state index contributed by atoms with van der Waals surface area (Å²) in [5, 5.41) is 23.8. The Kier molecular flexibility index (Phi) is 47.6. The predicted octanol–water partition coefficient (Wildman–Crippen LogP) is 16.1. The minimum absolute atomic E-state index is 0.0734. The van der Waals surface area contributed by atoms with E-state index >= 15 is 0 Å². The Bertz CT molecular complexity index is 1010. The summed E-state index contributed by atoms with van der Waals surface area (Å²) in [4.78, 5) is 26.2. The third-order valence-electron chi connectivity index (χ3n) is 12.3. The average Bonchev–Trinajstić information content (AvgIpc) is 3.25. The third-order valence-corrected chi connectivity index (χ3v) is 12.3. The van der Waals surface area contributed by atoms with Crippen molar-refractivity contribution in [2.45, 2.75) is 296 Å². The minimum atomic E-state index is -0.788. The lowest BCUT2D eigenvalue weighted by Gasteiger charge is -2.24. The van der Waals surface area contributed by atoms with Crippen LogP contribution < -0.4 is 5.32 Å². The number of hydrogen-bond donors (Lipinski definition) is 3. The van der Waals surface area contributed by atoms with Crippen molar-refractivity contribution in [2.75, 3.05) is 6.61 Å². The van der Waals surface area contributed by atoms with Gasteiger partial charge in [0.2, 0.25) is 5.91 Å². The summed E-state index contributed by atoms with van der Waals surface area (Å²) in [6, 6.07) is -0.702. The van der Waals surface area contributed by atoms with Gasteiger partial charge < -0.3 is 20.3 Å². The standard InChI is InChI=1S/C55H103NO5/c1-4-7-10-13-16-19-22-25-26-27-28-30-31-34-37-40-43-46-51(61-55(60)48-45-42-39-36-33-29-23-20-17-14-11-8-5-2)49-54(59)56-52(50-57)53(58)47-44-41-38-35-32-24-21-18-15-12-9-6-3/h8,11,14,17,20,23,51-53,57-58H,4-7,9-10,12-13,15-16,18-19,21-22,24-50H2,1-3H3,(H,56,59)/b11-8+,17-14+,23-20-. The number of aliphatic hydroxyl groups excluding tert-OH is 2. The van der Waals surface area contributed by atoms with Crippen molar-refractivity contribution in [1.82, 2.24) is 5.32 Å². The number of amides is 1. The fraction of sp³-hybridized carbons (Fsp3) is 0.855. The lowest BCUT2D eigenvalue weighted by atomic mass is 10.0. The van der Waals surface area contributed by atoms with Crippen LogP contribution in [0.15, 0.2) is 36.5 Å². The number of carbonyl (C=O) groups excluding carboxylic acids is 2. The van der Waals surface area contributed by atoms with Crippen LogP contribution in [0.3, 0.4) is 0 Å². The fourth-order valence-electron chi connectivity index (χ4n) is 8.26. The molecular formula is C55H103NO5. The molecule has 0 spiro atoms. The first-order valence-corrected chi connectivity index (χ1v) is 26.7. The minimum Gasteiger partial charge on any atom is -0.462 e. The number of ether oxygens (including phenoxy) is 1. The maximum atomic E-state index is 13.2. The highest BCUT2D eigenvalue weighted by atomic mass is 16.5. The Hall–Kier alpha value is -1.92. The van der Waals surface area contributed by atoms with E-state index < -0.39 is 18.2 Å². The number of aliphatic hydroxyl groups is 2. The first kappa shape index (κ1) is 59.1. The van der Waals surface area contributed by atoms with Gasteiger partial charge in [0, 0.05) is 6.42 Å². The summed E-state index contributed by atoms with van der Waals surface area (Å²) in [6.45, 7) is 6.37. The van der Waals surface area contributed by atoms with E-state index in [1.54, 1.807) is 0 Å². The Balaban J connectivity index is 4.56. The third kappa shape index (κ3) is 44.5. The number of allylic oxidation sites excluding steroid dienone is 6. The van der Waals surface area contributed by atoms with E-state index in [9.17, 15) is 19.8 Å². The van der Waals surface area contributed by atoms with Crippen LogP contribution in [-0.4, -0.2) is 46.9 Å². The second-order valence-electron chi connectivity index (χ2n) is 18.3. The Labute approximate surface area is 379 Å². The number of carbonyl (C=O) groups is 2. The molecule has 0 aliphatic rings. The quantitative estimate of drug-likeness (QED) is 0.0322. The SMILES string of the molecule is CC/C=C/C=C/C=C\CCCCCCCC(=O)OC(CCCCCCCCCCCCCCCCCCC)CC(=O)NC(CO)C(O)CCCCCCCCCCCCCC. The summed E-state index contributed by atoms with van der Waals surface area (Å²) in [5.74, 6) is -0.484. The monoisotopic (exact) mass is 858 g/mol. The molecular weight excluding hydrogens is 755 g/mol. The molecule has 0 aliphatic heterocycles. The molecule has 0 aromatic heterocycles. The van der Waals surface area contributed by atoms with Crippen LogP contribution >= 0.6 is 0 Å². The molecule has 6 heteroatoms. The number of nitrogens with one attached hydrogen (secondary N) is 1. The summed E-state index contributed by atoms with van der Waals surface area (Å²) >= 11 is 0. The molecule has 61 heavy (non-hydrogen) atoms. The molecule has 0 heterocycles. The highest BCUT2D eigenvalue weighted by Gasteiger charge is 2.24. The van der Waals surface area contributed by atoms with Gasteiger partial charge in [-0.05, 0) is 44.9 Å². The maximum Gasteiger partial charge on any atom is 0.306 e. The van der Waals surface area contributed by atoms with Gasteiger partial charge in [-0.2, -0.15) is 0 Å². The van der Waals surface area contributed by atoms with Crippen LogP contribution in [0.2, 0.25) is 0 Å². The Morgan fingerprint density at radius 2 is 0.885 bits per heavy atom. The molecule has 0 saturated carbocycles. The second kappa shape index (κ2) is 49.1. The number of unbranched alkanes of at least 4 members (excludes halogenated alkanes) is 32. The van der Waals surface area contributed by atoms with E-state index in [2.05, 4.69) is 62.5 Å². The molecule has 1 amide bonds. The van der Waals surface area contributed by atoms with E-state index in [4.69, 9.17) is 4.74 Å². The highest BCUT2D eigenvalue weighted by molar-refractivity contribution is 5.77. The topological polar surface area (TPSA) is 95.9 Å². The zero-order valence-corrected chi connectivity index (χ0v) is 40.8. The molecule has 6 nitrogen and oxygen atoms in total. The summed E-state index contributed by atoms with van der Waals surface area (Å²) in [5.41, 5.74) is 0. The summed E-state index contributed by atoms with van der Waals surface area (Å²) < 4.78 is 5.94. The Morgan fingerprint density at radius 3 is 1.33 bits per heavy atom. The largest absolute Gasteiger partial charge is 0.462 e. The van der Waals surface area contributed by atoms with Crippen LogP contribution in [0.5, 0.6) is 0 Å². The van der Waals surface area contributed by atoms with E-state index in [1.165, 1.54) is 161 Å².